The summed E-state index contributed by atoms with van der Waals surface area (Å²) in [6.07, 6.45) is 1.74. The Balaban J connectivity index is 1.94. The maximum absolute atomic E-state index is 14.2. The van der Waals surface area contributed by atoms with Crippen LogP contribution in [0.4, 0.5) is 0 Å². The first-order valence-electron chi connectivity index (χ1n) is 13.8. The molecule has 2 aromatic carbocycles. The second kappa shape index (κ2) is 14.9. The lowest BCUT2D eigenvalue weighted by Gasteiger charge is -2.25. The average Bonchev–Trinajstić information content (AvgIpc) is 3.27. The van der Waals surface area contributed by atoms with E-state index >= 15 is 0 Å². The zero-order valence-corrected chi connectivity index (χ0v) is 30.2. The van der Waals surface area contributed by atoms with Crippen LogP contribution in [-0.4, -0.2) is 49.5 Å². The van der Waals surface area contributed by atoms with Crippen molar-refractivity contribution in [2.24, 2.45) is 4.99 Å². The Bertz CT molecular complexity index is 1790. The van der Waals surface area contributed by atoms with E-state index in [1.54, 1.807) is 32.0 Å². The number of thiazole rings is 1. The summed E-state index contributed by atoms with van der Waals surface area (Å²) in [4.78, 5) is 44.3. The van der Waals surface area contributed by atoms with Gasteiger partial charge in [0.25, 0.3) is 5.56 Å². The Morgan fingerprint density at radius 3 is 2.50 bits per heavy atom. The van der Waals surface area contributed by atoms with Crippen LogP contribution in [0.1, 0.15) is 51.8 Å². The number of fused-ring (bicyclic) bond motifs is 1. The van der Waals surface area contributed by atoms with E-state index < -0.39 is 18.0 Å². The summed E-state index contributed by atoms with van der Waals surface area (Å²) >= 11 is 5.70. The van der Waals surface area contributed by atoms with Crippen LogP contribution in [0.3, 0.4) is 0 Å². The number of esters is 2. The third kappa shape index (κ3) is 7.47. The van der Waals surface area contributed by atoms with Gasteiger partial charge < -0.3 is 23.7 Å². The predicted octanol–water partition coefficient (Wildman–Crippen LogP) is 4.75. The number of methoxy groups -OCH3 is 1. The number of carbonyl (C=O) groups is 2. The van der Waals surface area contributed by atoms with Crippen molar-refractivity contribution in [3.8, 4) is 17.2 Å². The van der Waals surface area contributed by atoms with E-state index in [0.717, 1.165) is 12.7 Å². The normalized spacial score (nSPS) is 14.7. The van der Waals surface area contributed by atoms with E-state index in [1.807, 2.05) is 39.0 Å². The van der Waals surface area contributed by atoms with E-state index in [2.05, 4.69) is 54.9 Å². The molecular formula is C31H32I2N2O8S. The lowest BCUT2D eigenvalue weighted by atomic mass is 9.95. The number of hydrogen-bond acceptors (Lipinski definition) is 10. The van der Waals surface area contributed by atoms with Crippen LogP contribution in [0.5, 0.6) is 17.2 Å². The highest BCUT2D eigenvalue weighted by molar-refractivity contribution is 14.1. The smallest absolute Gasteiger partial charge is 0.343 e. The highest BCUT2D eigenvalue weighted by Crippen LogP contribution is 2.36. The first-order chi connectivity index (χ1) is 21.0. The van der Waals surface area contributed by atoms with E-state index in [0.29, 0.717) is 44.4 Å². The monoisotopic (exact) mass is 846 g/mol. The van der Waals surface area contributed by atoms with Crippen molar-refractivity contribution in [2.45, 2.75) is 46.8 Å². The van der Waals surface area contributed by atoms with Gasteiger partial charge in [0.15, 0.2) is 22.9 Å². The molecule has 234 valence electrons. The molecule has 4 rings (SSSR count). The molecule has 3 aromatic rings. The first kappa shape index (κ1) is 34.0. The van der Waals surface area contributed by atoms with Gasteiger partial charge in [-0.25, -0.2) is 14.6 Å². The molecule has 0 N–H and O–H groups in total. The molecule has 1 aromatic heterocycles. The number of hydrogen-bond donors (Lipinski definition) is 0. The van der Waals surface area contributed by atoms with Crippen molar-refractivity contribution >= 4 is 74.5 Å². The maximum Gasteiger partial charge on any atom is 0.343 e. The predicted molar refractivity (Wildman–Crippen MR) is 183 cm³/mol. The molecule has 0 aliphatic carbocycles. The maximum atomic E-state index is 14.2. The van der Waals surface area contributed by atoms with Gasteiger partial charge in [-0.15, -0.1) is 0 Å². The van der Waals surface area contributed by atoms with Gasteiger partial charge >= 0.3 is 11.9 Å². The minimum Gasteiger partial charge on any atom is -0.490 e. The molecule has 0 fully saturated rings. The van der Waals surface area contributed by atoms with Crippen molar-refractivity contribution in [3.05, 3.63) is 79.6 Å². The zero-order chi connectivity index (χ0) is 32.1. The van der Waals surface area contributed by atoms with Crippen molar-refractivity contribution in [2.75, 3.05) is 26.9 Å². The lowest BCUT2D eigenvalue weighted by molar-refractivity contribution is -0.143. The third-order valence-electron chi connectivity index (χ3n) is 6.35. The quantitative estimate of drug-likeness (QED) is 0.201. The van der Waals surface area contributed by atoms with Gasteiger partial charge in [-0.3, -0.25) is 9.36 Å². The molecule has 0 saturated heterocycles. The Morgan fingerprint density at radius 1 is 1.09 bits per heavy atom. The molecule has 0 spiro atoms. The Kier molecular flexibility index (Phi) is 11.5. The van der Waals surface area contributed by atoms with E-state index in [1.165, 1.54) is 23.0 Å². The van der Waals surface area contributed by atoms with Crippen LogP contribution in [0.15, 0.2) is 51.4 Å². The Hall–Kier alpha value is -2.92. The standard InChI is InChI=1S/C31H32I2N2O8S/c1-7-40-23-12-18(9-10-22(23)42-15-25(36)39-6)27-26(30(38)41-8-2)17(5)34-31-35(27)29(37)24(44-31)13-19-11-20(32)14-21(33)28(19)43-16(3)4/h9-14,16,27H,7-8,15H2,1-6H3/b24-13+/t27-/m1/s1. The molecule has 10 nitrogen and oxygen atoms in total. The largest absolute Gasteiger partial charge is 0.490 e. The van der Waals surface area contributed by atoms with Crippen molar-refractivity contribution in [3.63, 3.8) is 0 Å². The molecule has 44 heavy (non-hydrogen) atoms. The molecule has 1 aliphatic heterocycles. The van der Waals surface area contributed by atoms with E-state index in [-0.39, 0.29) is 30.5 Å². The second-order valence-electron chi connectivity index (χ2n) is 9.78. The van der Waals surface area contributed by atoms with Gasteiger partial charge in [0, 0.05) is 9.13 Å². The van der Waals surface area contributed by atoms with E-state index in [4.69, 9.17) is 18.9 Å². The molecule has 0 bridgehead atoms. The van der Waals surface area contributed by atoms with E-state index in [9.17, 15) is 14.4 Å². The highest BCUT2D eigenvalue weighted by atomic mass is 127. The fraction of sp³-hybridized carbons (Fsp3) is 0.355. The number of allylic oxidation sites excluding steroid dienone is 1. The Morgan fingerprint density at radius 2 is 1.84 bits per heavy atom. The van der Waals surface area contributed by atoms with Crippen LogP contribution in [0, 0.1) is 7.14 Å². The van der Waals surface area contributed by atoms with Gasteiger partial charge in [0.1, 0.15) is 5.75 Å². The topological polar surface area (TPSA) is 115 Å². The summed E-state index contributed by atoms with van der Waals surface area (Å²) in [5, 5.41) is 0. The van der Waals surface area contributed by atoms with Gasteiger partial charge in [0.2, 0.25) is 0 Å². The van der Waals surface area contributed by atoms with Crippen LogP contribution in [0.25, 0.3) is 6.08 Å². The summed E-state index contributed by atoms with van der Waals surface area (Å²) < 4.78 is 31.6. The van der Waals surface area contributed by atoms with Crippen LogP contribution >= 0.6 is 56.5 Å². The zero-order valence-electron chi connectivity index (χ0n) is 25.1. The number of ether oxygens (including phenoxy) is 5. The van der Waals surface area contributed by atoms with Gasteiger partial charge in [0.05, 0.1) is 51.8 Å². The van der Waals surface area contributed by atoms with Crippen LogP contribution in [0.2, 0.25) is 0 Å². The SMILES string of the molecule is CCOC(=O)C1=C(C)N=c2s/c(=C/c3cc(I)cc(I)c3OC(C)C)c(=O)n2[C@@H]1c1ccc(OCC(=O)OC)c(OCC)c1. The molecule has 0 saturated carbocycles. The molecule has 0 radical (unpaired) electrons. The van der Waals surface area contributed by atoms with Crippen LogP contribution < -0.4 is 29.1 Å². The molecule has 1 atom stereocenters. The summed E-state index contributed by atoms with van der Waals surface area (Å²) in [6, 6.07) is 8.19. The molecule has 2 heterocycles. The van der Waals surface area contributed by atoms with Crippen molar-refractivity contribution < 1.29 is 33.3 Å². The number of carbonyl (C=O) groups excluding carboxylic acids is 2. The molecular weight excluding hydrogens is 814 g/mol. The van der Waals surface area contributed by atoms with Gasteiger partial charge in [-0.1, -0.05) is 17.4 Å². The number of rotatable bonds is 11. The minimum absolute atomic E-state index is 0.0640. The number of aromatic nitrogens is 1. The highest BCUT2D eigenvalue weighted by Gasteiger charge is 2.34. The fourth-order valence-corrected chi connectivity index (χ4v) is 7.63. The molecule has 1 aliphatic rings. The Labute approximate surface area is 286 Å². The summed E-state index contributed by atoms with van der Waals surface area (Å²) in [7, 11) is 1.28. The fourth-order valence-electron chi connectivity index (χ4n) is 4.57. The summed E-state index contributed by atoms with van der Waals surface area (Å²) in [5.41, 5.74) is 1.71. The second-order valence-corrected chi connectivity index (χ2v) is 13.2. The molecule has 0 amide bonds. The van der Waals surface area contributed by atoms with Gasteiger partial charge in [-0.05, 0) is 116 Å². The van der Waals surface area contributed by atoms with Crippen molar-refractivity contribution in [1.29, 1.82) is 0 Å². The van der Waals surface area contributed by atoms with Gasteiger partial charge in [-0.2, -0.15) is 0 Å². The molecule has 0 unspecified atom stereocenters. The minimum atomic E-state index is -0.858. The first-order valence-corrected chi connectivity index (χ1v) is 16.8. The lowest BCUT2D eigenvalue weighted by Crippen LogP contribution is -2.40. The van der Waals surface area contributed by atoms with Crippen LogP contribution in [-0.2, 0) is 19.1 Å². The van der Waals surface area contributed by atoms with Crippen molar-refractivity contribution in [1.82, 2.24) is 4.57 Å². The number of halogens is 2. The number of benzene rings is 2. The average molecular weight is 846 g/mol. The number of nitrogens with zero attached hydrogens (tertiary/aromatic N) is 2. The summed E-state index contributed by atoms with van der Waals surface area (Å²) in [5.74, 6) is 0.236. The summed E-state index contributed by atoms with van der Waals surface area (Å²) in [6.45, 7) is 9.33. The molecule has 13 heteroatoms. The third-order valence-corrected chi connectivity index (χ3v) is 8.76.